The maximum absolute atomic E-state index is 11.3. The minimum Gasteiger partial charge on any atom is -0.393 e. The maximum atomic E-state index is 11.3. The first-order chi connectivity index (χ1) is 27.3. The number of aliphatic hydroxyl groups is 4. The van der Waals surface area contributed by atoms with Gasteiger partial charge in [0.1, 0.15) is 0 Å². The van der Waals surface area contributed by atoms with Crippen molar-refractivity contribution in [2.45, 2.75) is 222 Å². The minimum absolute atomic E-state index is 0.200. The van der Waals surface area contributed by atoms with E-state index in [1.165, 1.54) is 101 Å². The molecule has 8 rings (SSSR count). The first kappa shape index (κ1) is 45.3. The lowest BCUT2D eigenvalue weighted by Crippen LogP contribution is -2.54. The SMILES string of the molecule is CC(C)CCC[C@@H](C)[C@H]1CC[C@H]2[C@@H]3[C@@H](O)C=C4C[C@@H](O)CC[C@]4(C)[C@H]3CC[C@]12C.CC(C)CCC[C@@H](C)[C@H]1CC[C@H]2[C@@H]3[C@@H](O)C=C4C[C@@H](O)CC[C@]4(C)[C@H]3CC[C@]12C. The molecule has 18 atom stereocenters. The Morgan fingerprint density at radius 2 is 0.862 bits per heavy atom. The van der Waals surface area contributed by atoms with Crippen LogP contribution in [0.2, 0.25) is 0 Å². The van der Waals surface area contributed by atoms with Gasteiger partial charge in [0.2, 0.25) is 0 Å². The molecule has 8 aliphatic carbocycles. The summed E-state index contributed by atoms with van der Waals surface area (Å²) in [5.41, 5.74) is 3.98. The van der Waals surface area contributed by atoms with Crippen LogP contribution in [0.3, 0.4) is 0 Å². The van der Waals surface area contributed by atoms with Crippen molar-refractivity contribution in [3.63, 3.8) is 0 Å². The van der Waals surface area contributed by atoms with Gasteiger partial charge in [-0.1, -0.05) is 131 Å². The van der Waals surface area contributed by atoms with Crippen molar-refractivity contribution in [2.75, 3.05) is 0 Å². The third kappa shape index (κ3) is 8.17. The van der Waals surface area contributed by atoms with E-state index in [1.54, 1.807) is 0 Å². The monoisotopic (exact) mass is 805 g/mol. The van der Waals surface area contributed by atoms with Crippen LogP contribution in [0, 0.1) is 92.7 Å². The van der Waals surface area contributed by atoms with Gasteiger partial charge in [-0.25, -0.2) is 0 Å². The van der Waals surface area contributed by atoms with Crippen molar-refractivity contribution in [3.05, 3.63) is 23.3 Å². The predicted octanol–water partition coefficient (Wildman–Crippen LogP) is 12.7. The Balaban J connectivity index is 0.000000177. The van der Waals surface area contributed by atoms with Crippen molar-refractivity contribution in [1.29, 1.82) is 0 Å². The third-order valence-electron chi connectivity index (χ3n) is 20.6. The van der Waals surface area contributed by atoms with Crippen LogP contribution in [-0.4, -0.2) is 44.8 Å². The van der Waals surface area contributed by atoms with Crippen LogP contribution in [0.4, 0.5) is 0 Å². The Labute approximate surface area is 357 Å². The molecule has 0 aliphatic heterocycles. The topological polar surface area (TPSA) is 80.9 Å². The smallest absolute Gasteiger partial charge is 0.0757 e. The number of aliphatic hydroxyl groups excluding tert-OH is 4. The molecule has 6 saturated carbocycles. The highest BCUT2D eigenvalue weighted by Crippen LogP contribution is 2.69. The van der Waals surface area contributed by atoms with Gasteiger partial charge >= 0.3 is 0 Å². The Kier molecular flexibility index (Phi) is 13.7. The van der Waals surface area contributed by atoms with Crippen LogP contribution in [0.5, 0.6) is 0 Å². The van der Waals surface area contributed by atoms with E-state index in [9.17, 15) is 20.4 Å². The van der Waals surface area contributed by atoms with Gasteiger partial charge in [-0.3, -0.25) is 0 Å². The Bertz CT molecular complexity index is 1360. The second-order valence-electron chi connectivity index (χ2n) is 24.6. The van der Waals surface area contributed by atoms with Gasteiger partial charge in [-0.05, 0) is 183 Å². The zero-order valence-electron chi connectivity index (χ0n) is 39.3. The number of fused-ring (bicyclic) bond motifs is 10. The van der Waals surface area contributed by atoms with E-state index in [-0.39, 0.29) is 35.2 Å². The fraction of sp³-hybridized carbons (Fsp3) is 0.926. The van der Waals surface area contributed by atoms with E-state index in [1.807, 2.05) is 0 Å². The van der Waals surface area contributed by atoms with Crippen LogP contribution in [0.1, 0.15) is 198 Å². The molecule has 0 heterocycles. The van der Waals surface area contributed by atoms with Crippen LogP contribution < -0.4 is 0 Å². The molecule has 58 heavy (non-hydrogen) atoms. The Morgan fingerprint density at radius 1 is 0.483 bits per heavy atom. The summed E-state index contributed by atoms with van der Waals surface area (Å²) in [6.45, 7) is 24.5. The van der Waals surface area contributed by atoms with Crippen LogP contribution in [-0.2, 0) is 0 Å². The highest BCUT2D eigenvalue weighted by atomic mass is 16.3. The van der Waals surface area contributed by atoms with Crippen molar-refractivity contribution >= 4 is 0 Å². The van der Waals surface area contributed by atoms with Crippen molar-refractivity contribution < 1.29 is 20.4 Å². The van der Waals surface area contributed by atoms with E-state index in [2.05, 4.69) is 81.4 Å². The van der Waals surface area contributed by atoms with Crippen molar-refractivity contribution in [2.24, 2.45) is 92.7 Å². The molecule has 0 spiro atoms. The van der Waals surface area contributed by atoms with E-state index < -0.39 is 0 Å². The highest BCUT2D eigenvalue weighted by Gasteiger charge is 2.63. The summed E-state index contributed by atoms with van der Waals surface area (Å²) in [5.74, 6) is 8.37. The molecule has 6 fully saturated rings. The predicted molar refractivity (Wildman–Crippen MR) is 241 cm³/mol. The molecule has 0 aromatic heterocycles. The molecule has 0 radical (unpaired) electrons. The standard InChI is InChI=1S/2C27H46O2/c2*1-17(2)7-6-8-18(3)21-9-10-22-25-23(12-14-27(21,22)5)26(4)13-11-20(28)15-19(26)16-24(25)29/h2*16-18,20-25,28-29H,6-15H2,1-5H3/t2*18-,20+,21-,22+,23+,24+,25+,26+,27-/m11/s1. The van der Waals surface area contributed by atoms with E-state index in [4.69, 9.17) is 0 Å². The van der Waals surface area contributed by atoms with Gasteiger partial charge in [0.25, 0.3) is 0 Å². The average Bonchev–Trinajstić information content (AvgIpc) is 3.70. The lowest BCUT2D eigenvalue weighted by atomic mass is 9.46. The van der Waals surface area contributed by atoms with Crippen LogP contribution in [0.25, 0.3) is 0 Å². The zero-order valence-corrected chi connectivity index (χ0v) is 39.3. The third-order valence-corrected chi connectivity index (χ3v) is 20.6. The van der Waals surface area contributed by atoms with E-state index >= 15 is 0 Å². The molecule has 332 valence electrons. The maximum Gasteiger partial charge on any atom is 0.0757 e. The van der Waals surface area contributed by atoms with E-state index in [0.717, 1.165) is 74.0 Å². The second-order valence-corrected chi connectivity index (χ2v) is 24.6. The molecule has 0 aromatic carbocycles. The molecule has 4 N–H and O–H groups in total. The Morgan fingerprint density at radius 3 is 1.22 bits per heavy atom. The fourth-order valence-electron chi connectivity index (χ4n) is 17.3. The fourth-order valence-corrected chi connectivity index (χ4v) is 17.3. The normalized spacial score (nSPS) is 47.9. The summed E-state index contributed by atoms with van der Waals surface area (Å²) >= 11 is 0. The minimum atomic E-state index is -0.298. The largest absolute Gasteiger partial charge is 0.393 e. The summed E-state index contributed by atoms with van der Waals surface area (Å²) in [4.78, 5) is 0. The number of hydrogen-bond donors (Lipinski definition) is 4. The lowest BCUT2D eigenvalue weighted by Gasteiger charge is -2.59. The molecule has 4 nitrogen and oxygen atoms in total. The summed E-state index contributed by atoms with van der Waals surface area (Å²) in [6, 6.07) is 0. The quantitative estimate of drug-likeness (QED) is 0.166. The first-order valence-electron chi connectivity index (χ1n) is 25.5. The van der Waals surface area contributed by atoms with Gasteiger partial charge in [0.05, 0.1) is 24.4 Å². The van der Waals surface area contributed by atoms with Gasteiger partial charge in [0.15, 0.2) is 0 Å². The molecular formula is C54H92O4. The molecule has 0 aromatic rings. The van der Waals surface area contributed by atoms with E-state index in [0.29, 0.717) is 46.3 Å². The summed E-state index contributed by atoms with van der Waals surface area (Å²) in [5, 5.41) is 43.0. The van der Waals surface area contributed by atoms with Crippen molar-refractivity contribution in [1.82, 2.24) is 0 Å². The number of rotatable bonds is 10. The highest BCUT2D eigenvalue weighted by molar-refractivity contribution is 5.29. The summed E-state index contributed by atoms with van der Waals surface area (Å²) in [6.07, 6.45) is 27.8. The molecule has 0 amide bonds. The molecular weight excluding hydrogens is 713 g/mol. The average molecular weight is 805 g/mol. The van der Waals surface area contributed by atoms with Gasteiger partial charge in [0, 0.05) is 0 Å². The second kappa shape index (κ2) is 17.5. The van der Waals surface area contributed by atoms with Gasteiger partial charge < -0.3 is 20.4 Å². The Hall–Kier alpha value is -0.680. The van der Waals surface area contributed by atoms with Crippen LogP contribution >= 0.6 is 0 Å². The molecule has 0 bridgehead atoms. The van der Waals surface area contributed by atoms with Crippen molar-refractivity contribution in [3.8, 4) is 0 Å². The zero-order chi connectivity index (χ0) is 41.9. The molecule has 0 saturated heterocycles. The molecule has 4 heteroatoms. The lowest BCUT2D eigenvalue weighted by molar-refractivity contribution is -0.0971. The first-order valence-corrected chi connectivity index (χ1v) is 25.5. The van der Waals surface area contributed by atoms with Crippen LogP contribution in [0.15, 0.2) is 23.3 Å². The summed E-state index contributed by atoms with van der Waals surface area (Å²) in [7, 11) is 0. The number of hydrogen-bond acceptors (Lipinski definition) is 4. The van der Waals surface area contributed by atoms with Gasteiger partial charge in [-0.15, -0.1) is 0 Å². The van der Waals surface area contributed by atoms with Gasteiger partial charge in [-0.2, -0.15) is 0 Å². The molecule has 0 unspecified atom stereocenters. The molecule has 8 aliphatic rings. The summed E-state index contributed by atoms with van der Waals surface area (Å²) < 4.78 is 0.